The summed E-state index contributed by atoms with van der Waals surface area (Å²) >= 11 is 6.20. The second-order valence-corrected chi connectivity index (χ2v) is 4.15. The number of rotatable bonds is 1. The third-order valence-corrected chi connectivity index (χ3v) is 3.32. The van der Waals surface area contributed by atoms with Crippen molar-refractivity contribution < 1.29 is 4.79 Å². The lowest BCUT2D eigenvalue weighted by molar-refractivity contribution is -0.111. The minimum Gasteiger partial charge on any atom is -0.327 e. The summed E-state index contributed by atoms with van der Waals surface area (Å²) in [6.45, 7) is 0. The first kappa shape index (κ1) is 9.69. The van der Waals surface area contributed by atoms with E-state index >= 15 is 0 Å². The van der Waals surface area contributed by atoms with Gasteiger partial charge in [-0.25, -0.2) is 0 Å². The summed E-state index contributed by atoms with van der Waals surface area (Å²) in [5.41, 5.74) is 8.09. The normalized spacial score (nSPS) is 30.9. The fourth-order valence-corrected chi connectivity index (χ4v) is 2.43. The molecule has 1 aliphatic carbocycles. The summed E-state index contributed by atoms with van der Waals surface area (Å²) in [6.07, 6.45) is 1.61. The summed E-state index contributed by atoms with van der Waals surface area (Å²) in [7, 11) is 0. The smallest absolute Gasteiger partial charge is 0.126 e. The van der Waals surface area contributed by atoms with Gasteiger partial charge in [-0.15, -0.1) is 11.6 Å². The SMILES string of the molecule is N[C@@H]1Cc2ccccc2[C@H](Cl)[C@H]1C=O. The van der Waals surface area contributed by atoms with Crippen molar-refractivity contribution in [2.24, 2.45) is 11.7 Å². The van der Waals surface area contributed by atoms with Crippen LogP contribution in [0.2, 0.25) is 0 Å². The number of aldehydes is 1. The predicted octanol–water partition coefficient (Wildman–Crippen LogP) is 1.67. The fourth-order valence-electron chi connectivity index (χ4n) is 1.97. The molecular formula is C11H12ClNO. The number of hydrogen-bond donors (Lipinski definition) is 1. The van der Waals surface area contributed by atoms with Gasteiger partial charge in [0, 0.05) is 6.04 Å². The van der Waals surface area contributed by atoms with Crippen LogP contribution in [0.4, 0.5) is 0 Å². The van der Waals surface area contributed by atoms with E-state index < -0.39 is 0 Å². The van der Waals surface area contributed by atoms with Gasteiger partial charge in [0.1, 0.15) is 6.29 Å². The van der Waals surface area contributed by atoms with Gasteiger partial charge >= 0.3 is 0 Å². The molecule has 2 N–H and O–H groups in total. The highest BCUT2D eigenvalue weighted by Crippen LogP contribution is 2.37. The average Bonchev–Trinajstić information content (AvgIpc) is 2.18. The van der Waals surface area contributed by atoms with Crippen LogP contribution in [0.5, 0.6) is 0 Å². The molecule has 0 aromatic heterocycles. The number of halogens is 1. The number of fused-ring (bicyclic) bond motifs is 1. The molecule has 0 radical (unpaired) electrons. The summed E-state index contributed by atoms with van der Waals surface area (Å²) in [6, 6.07) is 7.74. The Morgan fingerprint density at radius 2 is 2.14 bits per heavy atom. The van der Waals surface area contributed by atoms with E-state index in [0.29, 0.717) is 0 Å². The highest BCUT2D eigenvalue weighted by Gasteiger charge is 2.32. The maximum atomic E-state index is 10.8. The van der Waals surface area contributed by atoms with Crippen LogP contribution in [0.3, 0.4) is 0 Å². The number of hydrogen-bond acceptors (Lipinski definition) is 2. The van der Waals surface area contributed by atoms with Gasteiger partial charge in [0.05, 0.1) is 11.3 Å². The largest absolute Gasteiger partial charge is 0.327 e. The van der Waals surface area contributed by atoms with Gasteiger partial charge in [-0.1, -0.05) is 24.3 Å². The molecule has 0 heterocycles. The molecule has 0 saturated heterocycles. The molecule has 2 nitrogen and oxygen atoms in total. The minimum absolute atomic E-state index is 0.148. The van der Waals surface area contributed by atoms with Crippen LogP contribution in [0.1, 0.15) is 16.5 Å². The highest BCUT2D eigenvalue weighted by molar-refractivity contribution is 6.22. The molecule has 3 atom stereocenters. The second-order valence-electron chi connectivity index (χ2n) is 3.68. The zero-order valence-corrected chi connectivity index (χ0v) is 8.45. The van der Waals surface area contributed by atoms with Crippen LogP contribution >= 0.6 is 11.6 Å². The van der Waals surface area contributed by atoms with Crippen LogP contribution in [-0.4, -0.2) is 12.3 Å². The zero-order chi connectivity index (χ0) is 10.1. The van der Waals surface area contributed by atoms with E-state index in [4.69, 9.17) is 17.3 Å². The molecule has 0 spiro atoms. The molecule has 0 bridgehead atoms. The minimum atomic E-state index is -0.271. The standard InChI is InChI=1S/C11H12ClNO/c12-11-8-4-2-1-3-7(8)5-10(13)9(11)6-14/h1-4,6,9-11H,5,13H2/t9-,10+,11-/m0/s1. The zero-order valence-electron chi connectivity index (χ0n) is 7.69. The van der Waals surface area contributed by atoms with Crippen molar-refractivity contribution in [1.82, 2.24) is 0 Å². The summed E-state index contributed by atoms with van der Waals surface area (Å²) in [4.78, 5) is 10.8. The van der Waals surface area contributed by atoms with Gasteiger partial charge in [0.25, 0.3) is 0 Å². The van der Waals surface area contributed by atoms with Crippen LogP contribution in [0.15, 0.2) is 24.3 Å². The molecule has 0 aliphatic heterocycles. The molecule has 0 amide bonds. The Morgan fingerprint density at radius 3 is 2.86 bits per heavy atom. The van der Waals surface area contributed by atoms with Crippen molar-refractivity contribution in [2.45, 2.75) is 17.8 Å². The number of benzene rings is 1. The Balaban J connectivity index is 2.43. The van der Waals surface area contributed by atoms with Crippen LogP contribution in [0, 0.1) is 5.92 Å². The Kier molecular flexibility index (Phi) is 2.57. The lowest BCUT2D eigenvalue weighted by atomic mass is 9.81. The molecule has 3 heteroatoms. The van der Waals surface area contributed by atoms with Gasteiger partial charge in [0.2, 0.25) is 0 Å². The van der Waals surface area contributed by atoms with Gasteiger partial charge in [-0.2, -0.15) is 0 Å². The van der Waals surface area contributed by atoms with E-state index in [2.05, 4.69) is 0 Å². The molecule has 0 fully saturated rings. The summed E-state index contributed by atoms with van der Waals surface area (Å²) in [5.74, 6) is -0.258. The highest BCUT2D eigenvalue weighted by atomic mass is 35.5. The van der Waals surface area contributed by atoms with Crippen molar-refractivity contribution in [1.29, 1.82) is 0 Å². The first-order valence-corrected chi connectivity index (χ1v) is 5.10. The van der Waals surface area contributed by atoms with Crippen molar-refractivity contribution in [3.8, 4) is 0 Å². The number of nitrogens with two attached hydrogens (primary N) is 1. The van der Waals surface area contributed by atoms with E-state index in [1.54, 1.807) is 0 Å². The first-order valence-electron chi connectivity index (χ1n) is 4.67. The number of alkyl halides is 1. The quantitative estimate of drug-likeness (QED) is 0.565. The van der Waals surface area contributed by atoms with Gasteiger partial charge in [0.15, 0.2) is 0 Å². The van der Waals surface area contributed by atoms with Crippen molar-refractivity contribution >= 4 is 17.9 Å². The van der Waals surface area contributed by atoms with Crippen LogP contribution in [0.25, 0.3) is 0 Å². The van der Waals surface area contributed by atoms with Crippen molar-refractivity contribution in [3.05, 3.63) is 35.4 Å². The van der Waals surface area contributed by atoms with Crippen LogP contribution in [-0.2, 0) is 11.2 Å². The third-order valence-electron chi connectivity index (χ3n) is 2.80. The molecule has 0 saturated carbocycles. The molecule has 1 aliphatic rings. The molecule has 2 rings (SSSR count). The number of carbonyl (C=O) groups excluding carboxylic acids is 1. The van der Waals surface area contributed by atoms with Gasteiger partial charge < -0.3 is 10.5 Å². The fraction of sp³-hybridized carbons (Fsp3) is 0.364. The molecular weight excluding hydrogens is 198 g/mol. The maximum absolute atomic E-state index is 10.8. The Morgan fingerprint density at radius 1 is 1.43 bits per heavy atom. The first-order chi connectivity index (χ1) is 6.74. The average molecular weight is 210 g/mol. The Labute approximate surface area is 88.1 Å². The maximum Gasteiger partial charge on any atom is 0.126 e. The lowest BCUT2D eigenvalue weighted by Crippen LogP contribution is -2.39. The van der Waals surface area contributed by atoms with Crippen LogP contribution < -0.4 is 5.73 Å². The molecule has 1 aromatic carbocycles. The van der Waals surface area contributed by atoms with E-state index in [0.717, 1.165) is 23.8 Å². The third kappa shape index (κ3) is 1.45. The van der Waals surface area contributed by atoms with Gasteiger partial charge in [-0.3, -0.25) is 0 Å². The Bertz CT molecular complexity index is 353. The second kappa shape index (κ2) is 3.71. The lowest BCUT2D eigenvalue weighted by Gasteiger charge is -2.31. The number of carbonyl (C=O) groups is 1. The van der Waals surface area contributed by atoms with E-state index in [1.165, 1.54) is 0 Å². The Hall–Kier alpha value is -0.860. The topological polar surface area (TPSA) is 43.1 Å². The molecule has 1 aromatic rings. The molecule has 0 unspecified atom stereocenters. The molecule has 74 valence electrons. The van der Waals surface area contributed by atoms with E-state index in [9.17, 15) is 4.79 Å². The van der Waals surface area contributed by atoms with E-state index in [-0.39, 0.29) is 17.3 Å². The van der Waals surface area contributed by atoms with Gasteiger partial charge in [-0.05, 0) is 17.5 Å². The molecule has 14 heavy (non-hydrogen) atoms. The summed E-state index contributed by atoms with van der Waals surface area (Å²) in [5, 5.41) is -0.271. The van der Waals surface area contributed by atoms with Crippen molar-refractivity contribution in [3.63, 3.8) is 0 Å². The predicted molar refractivity (Wildman–Crippen MR) is 56.3 cm³/mol. The summed E-state index contributed by atoms with van der Waals surface area (Å²) < 4.78 is 0. The van der Waals surface area contributed by atoms with Crippen molar-refractivity contribution in [2.75, 3.05) is 0 Å². The van der Waals surface area contributed by atoms with E-state index in [1.807, 2.05) is 24.3 Å². The monoisotopic (exact) mass is 209 g/mol.